The average molecular weight is 632 g/mol. The van der Waals surface area contributed by atoms with Crippen LogP contribution in [0.5, 0.6) is 0 Å². The van der Waals surface area contributed by atoms with Gasteiger partial charge in [0, 0.05) is 17.3 Å². The van der Waals surface area contributed by atoms with Crippen LogP contribution in [0.3, 0.4) is 0 Å². The summed E-state index contributed by atoms with van der Waals surface area (Å²) in [5, 5.41) is 8.26. The fraction of sp³-hybridized carbons (Fsp3) is 0.846. The van der Waals surface area contributed by atoms with Crippen molar-refractivity contribution in [1.82, 2.24) is 4.90 Å². The maximum Gasteiger partial charge on any atom is 0.264 e. The van der Waals surface area contributed by atoms with Crippen molar-refractivity contribution in [3.63, 3.8) is 0 Å². The van der Waals surface area contributed by atoms with Crippen LogP contribution in [0, 0.1) is 0 Å². The molecule has 236 valence electrons. The van der Waals surface area contributed by atoms with E-state index in [1.54, 1.807) is 11.0 Å². The van der Waals surface area contributed by atoms with E-state index in [-0.39, 0.29) is 19.0 Å². The van der Waals surface area contributed by atoms with Crippen molar-refractivity contribution in [3.05, 3.63) is 25.3 Å². The minimum atomic E-state index is -3.24. The number of nitrogens with one attached hydrogen (secondary N) is 1. The summed E-state index contributed by atoms with van der Waals surface area (Å²) in [6.45, 7) is 28.3. The Hall–Kier alpha value is -0.200. The van der Waals surface area contributed by atoms with Crippen molar-refractivity contribution in [3.8, 4) is 0 Å². The molecule has 0 bridgehead atoms. The van der Waals surface area contributed by atoms with Crippen LogP contribution in [-0.4, -0.2) is 91.8 Å². The van der Waals surface area contributed by atoms with Crippen LogP contribution in [0.1, 0.15) is 80.1 Å². The molecule has 0 atom stereocenters. The second-order valence-corrected chi connectivity index (χ2v) is 12.6. The topological polar surface area (TPSA) is 105 Å². The van der Waals surface area contributed by atoms with Gasteiger partial charge >= 0.3 is 0 Å². The number of rotatable bonds is 16. The molecule has 0 aromatic heterocycles. The molecule has 0 spiro atoms. The summed E-state index contributed by atoms with van der Waals surface area (Å²) in [4.78, 5) is 4.06. The number of halogens is 2. The third-order valence-electron chi connectivity index (χ3n) is 4.76. The zero-order chi connectivity index (χ0) is 30.2. The normalized spacial score (nSPS) is 10.2. The molecule has 0 aliphatic carbocycles. The Morgan fingerprint density at radius 1 is 0.789 bits per heavy atom. The van der Waals surface area contributed by atoms with Crippen molar-refractivity contribution in [2.45, 2.75) is 80.1 Å². The minimum Gasteiger partial charge on any atom is -1.00 e. The number of unbranched alkanes of at least 4 members (excludes halogenated alkanes) is 4. The summed E-state index contributed by atoms with van der Waals surface area (Å²) in [6.07, 6.45) is 11.3. The van der Waals surface area contributed by atoms with Crippen molar-refractivity contribution in [2.24, 2.45) is 0 Å². The lowest BCUT2D eigenvalue weighted by Crippen LogP contribution is -3.11. The first-order valence-electron chi connectivity index (χ1n) is 13.3. The molecule has 0 saturated carbocycles. The summed E-state index contributed by atoms with van der Waals surface area (Å²) in [7, 11) is -1.93. The van der Waals surface area contributed by atoms with Crippen LogP contribution in [0.15, 0.2) is 25.3 Å². The van der Waals surface area contributed by atoms with Gasteiger partial charge in [-0.1, -0.05) is 32.9 Å². The van der Waals surface area contributed by atoms with Gasteiger partial charge in [0.25, 0.3) is 10.1 Å². The number of aliphatic hydroxyl groups is 1. The summed E-state index contributed by atoms with van der Waals surface area (Å²) in [6, 6.07) is 0. The monoisotopic (exact) mass is 630 g/mol. The summed E-state index contributed by atoms with van der Waals surface area (Å²) < 4.78 is 44.2. The van der Waals surface area contributed by atoms with Gasteiger partial charge in [0.15, 0.2) is 0 Å². The average Bonchev–Trinajstić information content (AvgIpc) is 2.81. The Balaban J connectivity index is -0.0000000858. The van der Waals surface area contributed by atoms with Gasteiger partial charge in [0.1, 0.15) is 0 Å². The van der Waals surface area contributed by atoms with E-state index < -0.39 is 19.2 Å². The molecule has 0 aliphatic rings. The van der Waals surface area contributed by atoms with Crippen molar-refractivity contribution in [2.75, 3.05) is 65.0 Å². The van der Waals surface area contributed by atoms with Crippen LogP contribution < -0.4 is 17.3 Å². The molecule has 0 aromatic carbocycles. The van der Waals surface area contributed by atoms with Crippen LogP contribution >= 0.6 is 10.7 Å². The molecule has 0 unspecified atom stereocenters. The highest BCUT2D eigenvalue weighted by atomic mass is 35.7. The molecule has 0 rings (SSSR count). The maximum atomic E-state index is 10.4. The molecule has 8 nitrogen and oxygen atoms in total. The van der Waals surface area contributed by atoms with Crippen LogP contribution in [0.2, 0.25) is 0 Å². The van der Waals surface area contributed by atoms with Crippen molar-refractivity contribution < 1.29 is 43.4 Å². The molecule has 0 radical (unpaired) electrons. The quantitative estimate of drug-likeness (QED) is 0.114. The first kappa shape index (κ1) is 50.6. The van der Waals surface area contributed by atoms with E-state index in [1.807, 2.05) is 6.08 Å². The molecule has 2 N–H and O–H groups in total. The largest absolute Gasteiger partial charge is 1.00 e. The SMILES string of the molecule is C=CCCCCO.C=CCCCCOS(C)(=O)=O.CCN(CC)CC.CC[NH+](CC)CC.CS(=O)(=O)Cl.[Cl-]. The first-order valence-corrected chi connectivity index (χ1v) is 17.8. The number of aliphatic hydroxyl groups excluding tert-OH is 1. The first-order chi connectivity index (χ1) is 17.2. The Morgan fingerprint density at radius 3 is 1.32 bits per heavy atom. The van der Waals surface area contributed by atoms with Crippen molar-refractivity contribution >= 4 is 29.9 Å². The Morgan fingerprint density at radius 2 is 1.13 bits per heavy atom. The Labute approximate surface area is 247 Å². The van der Waals surface area contributed by atoms with Gasteiger partial charge in [-0.05, 0) is 78.9 Å². The van der Waals surface area contributed by atoms with Gasteiger partial charge in [0.05, 0.1) is 38.8 Å². The van der Waals surface area contributed by atoms with E-state index in [1.165, 1.54) is 39.3 Å². The van der Waals surface area contributed by atoms with E-state index in [2.05, 4.69) is 74.5 Å². The van der Waals surface area contributed by atoms with E-state index in [4.69, 9.17) is 5.11 Å². The molecule has 12 heteroatoms. The lowest BCUT2D eigenvalue weighted by atomic mass is 10.2. The van der Waals surface area contributed by atoms with Gasteiger partial charge in [-0.15, -0.1) is 13.2 Å². The van der Waals surface area contributed by atoms with E-state index in [0.717, 1.165) is 51.0 Å². The minimum absolute atomic E-state index is 0. The Kier molecular flexibility index (Phi) is 51.9. The second kappa shape index (κ2) is 38.9. The molecule has 0 saturated heterocycles. The lowest BCUT2D eigenvalue weighted by molar-refractivity contribution is -0.894. The van der Waals surface area contributed by atoms with E-state index >= 15 is 0 Å². The summed E-state index contributed by atoms with van der Waals surface area (Å²) >= 11 is 0. The molecule has 0 fully saturated rings. The van der Waals surface area contributed by atoms with Crippen molar-refractivity contribution in [1.29, 1.82) is 0 Å². The van der Waals surface area contributed by atoms with E-state index in [9.17, 15) is 16.8 Å². The Bertz CT molecular complexity index is 626. The van der Waals surface area contributed by atoms with E-state index in [0.29, 0.717) is 6.61 Å². The molecular weight excluding hydrogens is 571 g/mol. The molecule has 0 heterocycles. The highest BCUT2D eigenvalue weighted by molar-refractivity contribution is 8.13. The van der Waals surface area contributed by atoms with Gasteiger partial charge in [-0.25, -0.2) is 8.42 Å². The zero-order valence-electron chi connectivity index (χ0n) is 25.5. The highest BCUT2D eigenvalue weighted by Crippen LogP contribution is 1.97. The zero-order valence-corrected chi connectivity index (χ0v) is 28.6. The van der Waals surface area contributed by atoms with Crippen LogP contribution in [0.25, 0.3) is 0 Å². The van der Waals surface area contributed by atoms with Gasteiger partial charge in [0.2, 0.25) is 9.05 Å². The third kappa shape index (κ3) is 76.5. The molecule has 0 aromatic rings. The number of hydrogen-bond donors (Lipinski definition) is 2. The number of allylic oxidation sites excluding steroid dienone is 2. The third-order valence-corrected chi connectivity index (χ3v) is 5.35. The number of nitrogens with zero attached hydrogens (tertiary/aromatic N) is 1. The van der Waals surface area contributed by atoms with Gasteiger partial charge in [-0.2, -0.15) is 8.42 Å². The predicted molar refractivity (Wildman–Crippen MR) is 163 cm³/mol. The predicted octanol–water partition coefficient (Wildman–Crippen LogP) is 1.12. The molecule has 0 aliphatic heterocycles. The molecule has 38 heavy (non-hydrogen) atoms. The van der Waals surface area contributed by atoms with Crippen LogP contribution in [0.4, 0.5) is 0 Å². The lowest BCUT2D eigenvalue weighted by Gasteiger charge is -2.13. The molecular formula is C26H60Cl2N2O6S2. The fourth-order valence-electron chi connectivity index (χ4n) is 2.42. The summed E-state index contributed by atoms with van der Waals surface area (Å²) in [5.41, 5.74) is 0. The maximum absolute atomic E-state index is 10.4. The van der Waals surface area contributed by atoms with Crippen LogP contribution in [-0.2, 0) is 23.4 Å². The standard InChI is InChI=1S/C7H14O3S.2C6H15N.C6H12O.CH3ClO2S.ClH/c1-3-4-5-6-7-10-11(2,8)9;2*1-4-7(5-2)6-3;1-2-3-4-5-6-7;1-5(2,3)4;/h3H,1,4-7H2,2H3;2*4-6H2,1-3H3;2,7H,1,3-6H2;1H3;1H. The fourth-order valence-corrected chi connectivity index (χ4v) is 2.84. The smallest absolute Gasteiger partial charge is 0.264 e. The van der Waals surface area contributed by atoms with Gasteiger partial charge in [-0.3, -0.25) is 4.18 Å². The second-order valence-electron chi connectivity index (χ2n) is 7.93. The van der Waals surface area contributed by atoms with Gasteiger partial charge < -0.3 is 27.3 Å². The summed E-state index contributed by atoms with van der Waals surface area (Å²) in [5.74, 6) is 0. The number of quaternary nitrogens is 1. The molecule has 0 amide bonds. The highest BCUT2D eigenvalue weighted by Gasteiger charge is 1.99. The number of hydrogen-bond acceptors (Lipinski definition) is 7.